The quantitative estimate of drug-likeness (QED) is 0.870. The van der Waals surface area contributed by atoms with E-state index in [0.29, 0.717) is 6.42 Å². The van der Waals surface area contributed by atoms with Crippen molar-refractivity contribution in [1.82, 2.24) is 14.9 Å². The van der Waals surface area contributed by atoms with E-state index in [9.17, 15) is 4.79 Å². The maximum Gasteiger partial charge on any atom is 0.227 e. The summed E-state index contributed by atoms with van der Waals surface area (Å²) in [7, 11) is 0. The molecule has 5 nitrogen and oxygen atoms in total. The van der Waals surface area contributed by atoms with Crippen LogP contribution < -0.4 is 4.90 Å². The third-order valence-electron chi connectivity index (χ3n) is 3.87. The van der Waals surface area contributed by atoms with Crippen LogP contribution in [0.15, 0.2) is 29.9 Å². The number of carbonyl (C=O) groups excluding carboxylic acids is 1. The van der Waals surface area contributed by atoms with Crippen LogP contribution in [0.4, 0.5) is 5.13 Å². The molecule has 1 aliphatic heterocycles. The number of carbonyl (C=O) groups is 1. The minimum atomic E-state index is 0.187. The van der Waals surface area contributed by atoms with Gasteiger partial charge >= 0.3 is 0 Å². The molecule has 1 aliphatic rings. The zero-order valence-electron chi connectivity index (χ0n) is 12.7. The Kier molecular flexibility index (Phi) is 4.68. The smallest absolute Gasteiger partial charge is 0.227 e. The maximum absolute atomic E-state index is 12.5. The lowest BCUT2D eigenvalue weighted by molar-refractivity contribution is -0.130. The molecule has 3 rings (SSSR count). The summed E-state index contributed by atoms with van der Waals surface area (Å²) >= 11 is 1.66. The number of amides is 1. The van der Waals surface area contributed by atoms with Crippen LogP contribution in [0, 0.1) is 6.92 Å². The van der Waals surface area contributed by atoms with Gasteiger partial charge in [-0.2, -0.15) is 0 Å². The highest BCUT2D eigenvalue weighted by atomic mass is 32.1. The summed E-state index contributed by atoms with van der Waals surface area (Å²) in [6.07, 6.45) is 5.05. The Morgan fingerprint density at radius 1 is 1.23 bits per heavy atom. The lowest BCUT2D eigenvalue weighted by Gasteiger charge is -2.21. The molecular weight excluding hydrogens is 296 g/mol. The summed E-state index contributed by atoms with van der Waals surface area (Å²) in [6, 6.07) is 3.94. The van der Waals surface area contributed by atoms with Crippen LogP contribution in [-0.2, 0) is 11.2 Å². The molecule has 116 valence electrons. The fourth-order valence-corrected chi connectivity index (χ4v) is 3.32. The third kappa shape index (κ3) is 3.62. The molecule has 0 unspecified atom stereocenters. The first kappa shape index (κ1) is 15.0. The molecule has 22 heavy (non-hydrogen) atoms. The number of thiazole rings is 1. The molecule has 0 saturated carbocycles. The zero-order valence-corrected chi connectivity index (χ0v) is 13.6. The second kappa shape index (κ2) is 6.87. The first-order chi connectivity index (χ1) is 10.7. The van der Waals surface area contributed by atoms with Gasteiger partial charge in [0.1, 0.15) is 0 Å². The first-order valence-electron chi connectivity index (χ1n) is 7.56. The molecule has 0 bridgehead atoms. The minimum absolute atomic E-state index is 0.187. The summed E-state index contributed by atoms with van der Waals surface area (Å²) in [5.41, 5.74) is 1.96. The Morgan fingerprint density at radius 3 is 2.86 bits per heavy atom. The summed E-state index contributed by atoms with van der Waals surface area (Å²) in [6.45, 7) is 5.35. The van der Waals surface area contributed by atoms with Crippen LogP contribution in [-0.4, -0.2) is 47.0 Å². The second-order valence-electron chi connectivity index (χ2n) is 5.52. The molecule has 2 aromatic rings. The van der Waals surface area contributed by atoms with Crippen LogP contribution in [0.2, 0.25) is 0 Å². The molecule has 0 aliphatic carbocycles. The number of anilines is 1. The van der Waals surface area contributed by atoms with Crippen LogP contribution in [0.5, 0.6) is 0 Å². The normalized spacial score (nSPS) is 15.7. The van der Waals surface area contributed by atoms with E-state index in [-0.39, 0.29) is 5.91 Å². The van der Waals surface area contributed by atoms with Crippen molar-refractivity contribution in [2.45, 2.75) is 19.8 Å². The van der Waals surface area contributed by atoms with Gasteiger partial charge in [-0.15, -0.1) is 11.3 Å². The number of nitrogens with zero attached hydrogens (tertiary/aromatic N) is 4. The molecule has 2 aromatic heterocycles. The highest BCUT2D eigenvalue weighted by Crippen LogP contribution is 2.19. The summed E-state index contributed by atoms with van der Waals surface area (Å²) in [4.78, 5) is 25.3. The van der Waals surface area contributed by atoms with Gasteiger partial charge in [0.15, 0.2) is 5.13 Å². The summed E-state index contributed by atoms with van der Waals surface area (Å²) in [5, 5.41) is 3.05. The molecule has 1 saturated heterocycles. The topological polar surface area (TPSA) is 49.3 Å². The lowest BCUT2D eigenvalue weighted by atomic mass is 10.2. The highest BCUT2D eigenvalue weighted by Gasteiger charge is 2.20. The van der Waals surface area contributed by atoms with Gasteiger partial charge in [0.25, 0.3) is 0 Å². The molecule has 0 aromatic carbocycles. The SMILES string of the molecule is Cc1ccc(CC(=O)N2CCCN(c3nccs3)CC2)cn1. The molecule has 1 fully saturated rings. The van der Waals surface area contributed by atoms with Crippen molar-refractivity contribution in [3.8, 4) is 0 Å². The van der Waals surface area contributed by atoms with Gasteiger partial charge in [-0.1, -0.05) is 6.07 Å². The van der Waals surface area contributed by atoms with E-state index in [4.69, 9.17) is 0 Å². The van der Waals surface area contributed by atoms with Crippen molar-refractivity contribution >= 4 is 22.4 Å². The number of aromatic nitrogens is 2. The largest absolute Gasteiger partial charge is 0.346 e. The fourth-order valence-electron chi connectivity index (χ4n) is 2.62. The van der Waals surface area contributed by atoms with Crippen LogP contribution in [0.3, 0.4) is 0 Å². The van der Waals surface area contributed by atoms with Gasteiger partial charge in [0, 0.05) is 49.6 Å². The van der Waals surface area contributed by atoms with Crippen molar-refractivity contribution in [3.63, 3.8) is 0 Å². The molecular formula is C16H20N4OS. The molecule has 3 heterocycles. The van der Waals surface area contributed by atoms with E-state index >= 15 is 0 Å². The van der Waals surface area contributed by atoms with Crippen molar-refractivity contribution < 1.29 is 4.79 Å². The Labute approximate surface area is 134 Å². The van der Waals surface area contributed by atoms with E-state index in [1.165, 1.54) is 0 Å². The molecule has 0 spiro atoms. The molecule has 0 N–H and O–H groups in total. The predicted octanol–water partition coefficient (Wildman–Crippen LogP) is 2.13. The second-order valence-corrected chi connectivity index (χ2v) is 6.39. The Hall–Kier alpha value is -1.95. The van der Waals surface area contributed by atoms with E-state index in [1.54, 1.807) is 17.5 Å². The van der Waals surface area contributed by atoms with E-state index in [0.717, 1.165) is 49.0 Å². The standard InChI is InChI=1S/C16H20N4OS/c1-13-3-4-14(12-18-13)11-15(21)19-6-2-7-20(9-8-19)16-17-5-10-22-16/h3-5,10,12H,2,6-9,11H2,1H3. The van der Waals surface area contributed by atoms with Crippen LogP contribution in [0.25, 0.3) is 0 Å². The maximum atomic E-state index is 12.5. The minimum Gasteiger partial charge on any atom is -0.346 e. The number of aryl methyl sites for hydroxylation is 1. The van der Waals surface area contributed by atoms with Gasteiger partial charge in [-0.05, 0) is 25.0 Å². The van der Waals surface area contributed by atoms with Crippen molar-refractivity contribution in [2.24, 2.45) is 0 Å². The van der Waals surface area contributed by atoms with E-state index in [2.05, 4.69) is 14.9 Å². The van der Waals surface area contributed by atoms with Gasteiger partial charge in [0.2, 0.25) is 5.91 Å². The average molecular weight is 316 g/mol. The number of hydrogen-bond acceptors (Lipinski definition) is 5. The molecule has 1 amide bonds. The van der Waals surface area contributed by atoms with Gasteiger partial charge < -0.3 is 9.80 Å². The van der Waals surface area contributed by atoms with Crippen LogP contribution >= 0.6 is 11.3 Å². The highest BCUT2D eigenvalue weighted by molar-refractivity contribution is 7.13. The first-order valence-corrected chi connectivity index (χ1v) is 8.44. The number of rotatable bonds is 3. The summed E-state index contributed by atoms with van der Waals surface area (Å²) in [5.74, 6) is 0.187. The fraction of sp³-hybridized carbons (Fsp3) is 0.438. The van der Waals surface area contributed by atoms with E-state index < -0.39 is 0 Å². The van der Waals surface area contributed by atoms with E-state index in [1.807, 2.05) is 35.5 Å². The molecule has 0 atom stereocenters. The van der Waals surface area contributed by atoms with Crippen LogP contribution in [0.1, 0.15) is 17.7 Å². The van der Waals surface area contributed by atoms with Gasteiger partial charge in [0.05, 0.1) is 6.42 Å². The van der Waals surface area contributed by atoms with Crippen molar-refractivity contribution in [1.29, 1.82) is 0 Å². The molecule has 0 radical (unpaired) electrons. The van der Waals surface area contributed by atoms with Crippen molar-refractivity contribution in [2.75, 3.05) is 31.1 Å². The zero-order chi connectivity index (χ0) is 15.4. The lowest BCUT2D eigenvalue weighted by Crippen LogP contribution is -2.36. The number of hydrogen-bond donors (Lipinski definition) is 0. The van der Waals surface area contributed by atoms with Gasteiger partial charge in [-0.3, -0.25) is 9.78 Å². The van der Waals surface area contributed by atoms with Gasteiger partial charge in [-0.25, -0.2) is 4.98 Å². The van der Waals surface area contributed by atoms with Crippen molar-refractivity contribution in [3.05, 3.63) is 41.2 Å². The summed E-state index contributed by atoms with van der Waals surface area (Å²) < 4.78 is 0. The Balaban J connectivity index is 1.58. The Bertz CT molecular complexity index is 612. The monoisotopic (exact) mass is 316 g/mol. The number of pyridine rings is 1. The Morgan fingerprint density at radius 2 is 2.14 bits per heavy atom. The molecule has 6 heteroatoms. The third-order valence-corrected chi connectivity index (χ3v) is 4.70. The average Bonchev–Trinajstić information content (AvgIpc) is 2.94. The predicted molar refractivity (Wildman–Crippen MR) is 88.2 cm³/mol.